The number of hydrogen-bond donors (Lipinski definition) is 2. The average molecular weight is 243 g/mol. The summed E-state index contributed by atoms with van der Waals surface area (Å²) in [6, 6.07) is 3.98. The number of aromatic nitrogens is 3. The molecule has 0 aliphatic heterocycles. The fraction of sp³-hybridized carbons (Fsp3) is 0.333. The lowest BCUT2D eigenvalue weighted by Gasteiger charge is -2.12. The van der Waals surface area contributed by atoms with E-state index in [1.54, 1.807) is 17.5 Å². The molecule has 0 spiro atoms. The van der Waals surface area contributed by atoms with Gasteiger partial charge in [-0.2, -0.15) is 15.4 Å². The molecule has 0 fully saturated rings. The van der Waals surface area contributed by atoms with E-state index in [-0.39, 0.29) is 6.04 Å². The number of halogens is 1. The third-order valence-corrected chi connectivity index (χ3v) is 3.31. The lowest BCUT2D eigenvalue weighted by atomic mass is 10.2. The summed E-state index contributed by atoms with van der Waals surface area (Å²) in [5, 5.41) is 13.9. The summed E-state index contributed by atoms with van der Waals surface area (Å²) in [5.74, 6) is 0. The van der Waals surface area contributed by atoms with Gasteiger partial charge in [0.05, 0.1) is 16.6 Å². The molecule has 80 valence electrons. The van der Waals surface area contributed by atoms with Gasteiger partial charge in [-0.15, -0.1) is 11.3 Å². The van der Waals surface area contributed by atoms with Gasteiger partial charge in [0.2, 0.25) is 0 Å². The van der Waals surface area contributed by atoms with Crippen molar-refractivity contribution in [3.63, 3.8) is 0 Å². The predicted octanol–water partition coefficient (Wildman–Crippen LogP) is 2.22. The van der Waals surface area contributed by atoms with Crippen molar-refractivity contribution in [3.8, 4) is 0 Å². The Balaban J connectivity index is 2.27. The molecule has 0 bridgehead atoms. The van der Waals surface area contributed by atoms with Crippen molar-refractivity contribution in [3.05, 3.63) is 33.2 Å². The zero-order valence-corrected chi connectivity index (χ0v) is 9.77. The fourth-order valence-electron chi connectivity index (χ4n) is 1.39. The number of nitrogens with zero attached hydrogens (tertiary/aromatic N) is 2. The minimum Gasteiger partial charge on any atom is -0.304 e. The second-order valence-corrected chi connectivity index (χ2v) is 4.77. The molecule has 0 aliphatic rings. The van der Waals surface area contributed by atoms with Crippen LogP contribution in [0.2, 0.25) is 4.34 Å². The molecule has 0 saturated carbocycles. The van der Waals surface area contributed by atoms with Gasteiger partial charge in [-0.05, 0) is 18.7 Å². The number of H-pyrrole nitrogens is 1. The maximum Gasteiger partial charge on any atom is 0.105 e. The highest BCUT2D eigenvalue weighted by molar-refractivity contribution is 7.16. The first-order chi connectivity index (χ1) is 7.31. The molecule has 2 heterocycles. The Morgan fingerprint density at radius 1 is 1.60 bits per heavy atom. The zero-order chi connectivity index (χ0) is 10.7. The van der Waals surface area contributed by atoms with Crippen LogP contribution in [0.4, 0.5) is 0 Å². The maximum absolute atomic E-state index is 5.91. The molecule has 2 aromatic heterocycles. The van der Waals surface area contributed by atoms with Crippen LogP contribution >= 0.6 is 22.9 Å². The number of hydrogen-bond acceptors (Lipinski definition) is 4. The molecule has 0 saturated heterocycles. The number of aromatic amines is 1. The third kappa shape index (κ3) is 2.37. The molecular formula is C9H11ClN4S. The first kappa shape index (κ1) is 10.6. The first-order valence-corrected chi connectivity index (χ1v) is 5.85. The van der Waals surface area contributed by atoms with E-state index < -0.39 is 0 Å². The average Bonchev–Trinajstić information content (AvgIpc) is 2.85. The third-order valence-electron chi connectivity index (χ3n) is 2.02. The fourth-order valence-corrected chi connectivity index (χ4v) is 2.54. The van der Waals surface area contributed by atoms with Gasteiger partial charge in [0, 0.05) is 4.88 Å². The van der Waals surface area contributed by atoms with Crippen molar-refractivity contribution in [2.75, 3.05) is 6.54 Å². The largest absolute Gasteiger partial charge is 0.304 e. The zero-order valence-electron chi connectivity index (χ0n) is 8.20. The summed E-state index contributed by atoms with van der Waals surface area (Å²) < 4.78 is 0.788. The Morgan fingerprint density at radius 2 is 2.47 bits per heavy atom. The van der Waals surface area contributed by atoms with Crippen LogP contribution in [0.5, 0.6) is 0 Å². The topological polar surface area (TPSA) is 53.6 Å². The quantitative estimate of drug-likeness (QED) is 0.865. The molecule has 1 unspecified atom stereocenters. The summed E-state index contributed by atoms with van der Waals surface area (Å²) >= 11 is 7.47. The molecule has 2 N–H and O–H groups in total. The molecule has 6 heteroatoms. The SMILES string of the molecule is CCNC(c1cn[nH]n1)c1ccc(Cl)s1. The van der Waals surface area contributed by atoms with E-state index in [1.807, 2.05) is 12.1 Å². The predicted molar refractivity (Wildman–Crippen MR) is 61.2 cm³/mol. The minimum atomic E-state index is 0.0752. The molecule has 0 aliphatic carbocycles. The Hall–Kier alpha value is -0.910. The van der Waals surface area contributed by atoms with Crippen LogP contribution < -0.4 is 5.32 Å². The van der Waals surface area contributed by atoms with Gasteiger partial charge in [-0.25, -0.2) is 0 Å². The summed E-state index contributed by atoms with van der Waals surface area (Å²) in [4.78, 5) is 1.15. The summed E-state index contributed by atoms with van der Waals surface area (Å²) in [6.07, 6.45) is 1.72. The second kappa shape index (κ2) is 4.74. The van der Waals surface area contributed by atoms with Gasteiger partial charge >= 0.3 is 0 Å². The van der Waals surface area contributed by atoms with Gasteiger partial charge in [-0.1, -0.05) is 18.5 Å². The highest BCUT2D eigenvalue weighted by atomic mass is 35.5. The van der Waals surface area contributed by atoms with Crippen LogP contribution in [0, 0.1) is 0 Å². The maximum atomic E-state index is 5.91. The smallest absolute Gasteiger partial charge is 0.105 e. The Bertz CT molecular complexity index is 411. The van der Waals surface area contributed by atoms with Crippen molar-refractivity contribution in [2.24, 2.45) is 0 Å². The normalized spacial score (nSPS) is 12.9. The molecule has 0 aromatic carbocycles. The van der Waals surface area contributed by atoms with E-state index in [0.29, 0.717) is 0 Å². The minimum absolute atomic E-state index is 0.0752. The molecule has 0 radical (unpaired) electrons. The monoisotopic (exact) mass is 242 g/mol. The molecule has 2 aromatic rings. The van der Waals surface area contributed by atoms with Crippen molar-refractivity contribution >= 4 is 22.9 Å². The molecular weight excluding hydrogens is 232 g/mol. The van der Waals surface area contributed by atoms with Crippen LogP contribution in [0.15, 0.2) is 18.3 Å². The van der Waals surface area contributed by atoms with Gasteiger partial charge in [-0.3, -0.25) is 0 Å². The van der Waals surface area contributed by atoms with Crippen molar-refractivity contribution in [1.82, 2.24) is 20.7 Å². The Labute approximate surface area is 96.7 Å². The lowest BCUT2D eigenvalue weighted by molar-refractivity contribution is 0.622. The van der Waals surface area contributed by atoms with E-state index in [1.165, 1.54) is 0 Å². The van der Waals surface area contributed by atoms with Gasteiger partial charge in [0.25, 0.3) is 0 Å². The molecule has 1 atom stereocenters. The van der Waals surface area contributed by atoms with E-state index in [9.17, 15) is 0 Å². The highest BCUT2D eigenvalue weighted by Gasteiger charge is 2.17. The first-order valence-electron chi connectivity index (χ1n) is 4.65. The van der Waals surface area contributed by atoms with Crippen molar-refractivity contribution in [1.29, 1.82) is 0 Å². The number of rotatable bonds is 4. The molecule has 0 amide bonds. The van der Waals surface area contributed by atoms with E-state index in [0.717, 1.165) is 21.5 Å². The Kier molecular flexibility index (Phi) is 3.35. The number of nitrogens with one attached hydrogen (secondary N) is 2. The summed E-state index contributed by atoms with van der Waals surface area (Å²) in [5.41, 5.74) is 0.885. The highest BCUT2D eigenvalue weighted by Crippen LogP contribution is 2.29. The van der Waals surface area contributed by atoms with Gasteiger partial charge in [0.1, 0.15) is 5.69 Å². The lowest BCUT2D eigenvalue weighted by Crippen LogP contribution is -2.21. The standard InChI is InChI=1S/C9H11ClN4S/c1-2-11-9(6-5-12-14-13-6)7-3-4-8(10)15-7/h3-5,9,11H,2H2,1H3,(H,12,13,14). The van der Waals surface area contributed by atoms with Gasteiger partial charge in [0.15, 0.2) is 0 Å². The van der Waals surface area contributed by atoms with Crippen LogP contribution in [0.3, 0.4) is 0 Å². The second-order valence-electron chi connectivity index (χ2n) is 3.03. The Morgan fingerprint density at radius 3 is 3.00 bits per heavy atom. The number of thiophene rings is 1. The van der Waals surface area contributed by atoms with Crippen LogP contribution in [-0.4, -0.2) is 22.0 Å². The van der Waals surface area contributed by atoms with E-state index >= 15 is 0 Å². The van der Waals surface area contributed by atoms with Crippen LogP contribution in [0.1, 0.15) is 23.5 Å². The van der Waals surface area contributed by atoms with E-state index in [2.05, 4.69) is 27.7 Å². The van der Waals surface area contributed by atoms with Crippen LogP contribution in [0.25, 0.3) is 0 Å². The van der Waals surface area contributed by atoms with Crippen molar-refractivity contribution < 1.29 is 0 Å². The van der Waals surface area contributed by atoms with E-state index in [4.69, 9.17) is 11.6 Å². The molecule has 2 rings (SSSR count). The van der Waals surface area contributed by atoms with Gasteiger partial charge < -0.3 is 5.32 Å². The molecule has 15 heavy (non-hydrogen) atoms. The van der Waals surface area contributed by atoms with Crippen molar-refractivity contribution in [2.45, 2.75) is 13.0 Å². The summed E-state index contributed by atoms with van der Waals surface area (Å²) in [7, 11) is 0. The van der Waals surface area contributed by atoms with Crippen LogP contribution in [-0.2, 0) is 0 Å². The molecule has 4 nitrogen and oxygen atoms in total. The summed E-state index contributed by atoms with van der Waals surface area (Å²) in [6.45, 7) is 2.93.